The number of rotatable bonds is 6. The SMILES string of the molecule is Nc1ncc(Br)cc1C=CCCNC(=O)OCC1c2ccccc2-c2ccccc21. The van der Waals surface area contributed by atoms with Gasteiger partial charge in [-0.2, -0.15) is 0 Å². The zero-order valence-corrected chi connectivity index (χ0v) is 17.9. The highest BCUT2D eigenvalue weighted by molar-refractivity contribution is 9.10. The van der Waals surface area contributed by atoms with E-state index in [1.165, 1.54) is 22.3 Å². The van der Waals surface area contributed by atoms with E-state index in [4.69, 9.17) is 10.5 Å². The lowest BCUT2D eigenvalue weighted by Crippen LogP contribution is -2.26. The number of carbonyl (C=O) groups excluding carboxylic acids is 1. The number of nitrogen functional groups attached to an aromatic ring is 1. The third kappa shape index (κ3) is 4.39. The number of hydrogen-bond acceptors (Lipinski definition) is 4. The van der Waals surface area contributed by atoms with Gasteiger partial charge in [0.25, 0.3) is 0 Å². The van der Waals surface area contributed by atoms with Gasteiger partial charge in [-0.3, -0.25) is 0 Å². The Morgan fingerprint density at radius 1 is 1.13 bits per heavy atom. The third-order valence-electron chi connectivity index (χ3n) is 5.14. The number of anilines is 1. The van der Waals surface area contributed by atoms with Gasteiger partial charge in [-0.05, 0) is 50.7 Å². The first-order chi connectivity index (χ1) is 14.6. The monoisotopic (exact) mass is 463 g/mol. The molecule has 0 radical (unpaired) electrons. The summed E-state index contributed by atoms with van der Waals surface area (Å²) in [7, 11) is 0. The molecule has 152 valence electrons. The topological polar surface area (TPSA) is 77.2 Å². The second-order valence-corrected chi connectivity index (χ2v) is 7.99. The maximum Gasteiger partial charge on any atom is 0.407 e. The van der Waals surface area contributed by atoms with E-state index in [2.05, 4.69) is 50.5 Å². The summed E-state index contributed by atoms with van der Waals surface area (Å²) in [5.41, 5.74) is 11.5. The Morgan fingerprint density at radius 2 is 1.80 bits per heavy atom. The number of nitrogens with zero attached hydrogens (tertiary/aromatic N) is 1. The molecule has 4 rings (SSSR count). The average Bonchev–Trinajstić information content (AvgIpc) is 3.08. The van der Waals surface area contributed by atoms with Crippen molar-refractivity contribution < 1.29 is 9.53 Å². The molecule has 3 N–H and O–H groups in total. The third-order valence-corrected chi connectivity index (χ3v) is 5.57. The first-order valence-electron chi connectivity index (χ1n) is 9.80. The van der Waals surface area contributed by atoms with Crippen molar-refractivity contribution >= 4 is 33.9 Å². The predicted molar refractivity (Wildman–Crippen MR) is 123 cm³/mol. The average molecular weight is 464 g/mol. The Bertz CT molecular complexity index is 1050. The van der Waals surface area contributed by atoms with Gasteiger partial charge in [-0.25, -0.2) is 9.78 Å². The second kappa shape index (κ2) is 9.13. The minimum absolute atomic E-state index is 0.0649. The van der Waals surface area contributed by atoms with E-state index in [0.717, 1.165) is 10.0 Å². The fourth-order valence-electron chi connectivity index (χ4n) is 3.72. The summed E-state index contributed by atoms with van der Waals surface area (Å²) in [5, 5.41) is 2.80. The van der Waals surface area contributed by atoms with E-state index in [-0.39, 0.29) is 5.92 Å². The molecule has 30 heavy (non-hydrogen) atoms. The molecular formula is C24H22BrN3O2. The van der Waals surface area contributed by atoms with Crippen LogP contribution in [0.1, 0.15) is 29.0 Å². The number of nitrogens with one attached hydrogen (secondary N) is 1. The number of aromatic nitrogens is 1. The highest BCUT2D eigenvalue weighted by Crippen LogP contribution is 2.44. The van der Waals surface area contributed by atoms with Gasteiger partial charge < -0.3 is 15.8 Å². The molecule has 0 saturated carbocycles. The molecule has 1 amide bonds. The molecule has 0 aliphatic heterocycles. The number of pyridine rings is 1. The van der Waals surface area contributed by atoms with Crippen LogP contribution in [0, 0.1) is 0 Å². The van der Waals surface area contributed by atoms with Crippen molar-refractivity contribution in [3.05, 3.63) is 88.0 Å². The van der Waals surface area contributed by atoms with Crippen molar-refractivity contribution in [1.29, 1.82) is 0 Å². The van der Waals surface area contributed by atoms with E-state index < -0.39 is 6.09 Å². The van der Waals surface area contributed by atoms with Crippen LogP contribution in [-0.2, 0) is 4.74 Å². The van der Waals surface area contributed by atoms with Crippen LogP contribution in [-0.4, -0.2) is 24.2 Å². The fourth-order valence-corrected chi connectivity index (χ4v) is 4.07. The Balaban J connectivity index is 1.28. The number of hydrogen-bond donors (Lipinski definition) is 2. The van der Waals surface area contributed by atoms with Crippen LogP contribution in [0.2, 0.25) is 0 Å². The van der Waals surface area contributed by atoms with Gasteiger partial charge in [0, 0.05) is 28.7 Å². The molecule has 2 aromatic carbocycles. The Hall–Kier alpha value is -3.12. The molecular weight excluding hydrogens is 442 g/mol. The summed E-state index contributed by atoms with van der Waals surface area (Å²) in [5.74, 6) is 0.536. The number of nitrogens with two attached hydrogens (primary N) is 1. The summed E-state index contributed by atoms with van der Waals surface area (Å²) in [4.78, 5) is 16.3. The van der Waals surface area contributed by atoms with E-state index in [0.29, 0.717) is 25.4 Å². The number of halogens is 1. The second-order valence-electron chi connectivity index (χ2n) is 7.07. The summed E-state index contributed by atoms with van der Waals surface area (Å²) in [6.45, 7) is 0.796. The zero-order valence-electron chi connectivity index (χ0n) is 16.3. The van der Waals surface area contributed by atoms with Gasteiger partial charge in [0.2, 0.25) is 0 Å². The van der Waals surface area contributed by atoms with Crippen LogP contribution >= 0.6 is 15.9 Å². The molecule has 0 saturated heterocycles. The van der Waals surface area contributed by atoms with Gasteiger partial charge in [0.15, 0.2) is 0 Å². The minimum Gasteiger partial charge on any atom is -0.449 e. The van der Waals surface area contributed by atoms with Gasteiger partial charge in [0.05, 0.1) is 0 Å². The van der Waals surface area contributed by atoms with E-state index in [9.17, 15) is 4.79 Å². The molecule has 0 bridgehead atoms. The maximum absolute atomic E-state index is 12.2. The fraction of sp³-hybridized carbons (Fsp3) is 0.167. The molecule has 3 aromatic rings. The number of benzene rings is 2. The predicted octanol–water partition coefficient (Wildman–Crippen LogP) is 5.37. The van der Waals surface area contributed by atoms with Crippen molar-refractivity contribution in [2.45, 2.75) is 12.3 Å². The van der Waals surface area contributed by atoms with E-state index >= 15 is 0 Å². The Morgan fingerprint density at radius 3 is 2.50 bits per heavy atom. The maximum atomic E-state index is 12.2. The lowest BCUT2D eigenvalue weighted by Gasteiger charge is -2.14. The molecule has 1 heterocycles. The van der Waals surface area contributed by atoms with Crippen LogP contribution in [0.15, 0.2) is 71.3 Å². The van der Waals surface area contributed by atoms with Crippen LogP contribution in [0.25, 0.3) is 17.2 Å². The van der Waals surface area contributed by atoms with Gasteiger partial charge in [-0.15, -0.1) is 0 Å². The summed E-state index contributed by atoms with van der Waals surface area (Å²) < 4.78 is 6.40. The number of carbonyl (C=O) groups is 1. The zero-order chi connectivity index (χ0) is 20.9. The number of fused-ring (bicyclic) bond motifs is 3. The number of alkyl carbamates (subject to hydrolysis) is 1. The van der Waals surface area contributed by atoms with Crippen molar-refractivity contribution in [2.24, 2.45) is 0 Å². The standard InChI is InChI=1S/C24H22BrN3O2/c25-17-13-16(23(26)28-14-17)7-5-6-12-27-24(29)30-15-22-20-10-3-1-8-18(20)19-9-2-4-11-21(19)22/h1-5,7-11,13-14,22H,6,12,15H2,(H2,26,28)(H,27,29). The highest BCUT2D eigenvalue weighted by Gasteiger charge is 2.28. The highest BCUT2D eigenvalue weighted by atomic mass is 79.9. The minimum atomic E-state index is -0.408. The van der Waals surface area contributed by atoms with Gasteiger partial charge in [-0.1, -0.05) is 60.7 Å². The van der Waals surface area contributed by atoms with Crippen LogP contribution < -0.4 is 11.1 Å². The molecule has 1 aromatic heterocycles. The quantitative estimate of drug-likeness (QED) is 0.481. The molecule has 0 atom stereocenters. The normalized spacial score (nSPS) is 12.6. The summed E-state index contributed by atoms with van der Waals surface area (Å²) in [6.07, 6.45) is 5.76. The number of ether oxygens (including phenoxy) is 1. The van der Waals surface area contributed by atoms with Crippen LogP contribution in [0.4, 0.5) is 10.6 Å². The van der Waals surface area contributed by atoms with Gasteiger partial charge >= 0.3 is 6.09 Å². The van der Waals surface area contributed by atoms with Crippen molar-refractivity contribution in [2.75, 3.05) is 18.9 Å². The largest absolute Gasteiger partial charge is 0.449 e. The van der Waals surface area contributed by atoms with Crippen LogP contribution in [0.3, 0.4) is 0 Å². The van der Waals surface area contributed by atoms with E-state index in [1.807, 2.05) is 42.5 Å². The molecule has 0 fully saturated rings. The molecule has 0 unspecified atom stereocenters. The van der Waals surface area contributed by atoms with Crippen molar-refractivity contribution in [3.8, 4) is 11.1 Å². The Kier molecular flexibility index (Phi) is 6.14. The van der Waals surface area contributed by atoms with Crippen LogP contribution in [0.5, 0.6) is 0 Å². The van der Waals surface area contributed by atoms with Gasteiger partial charge in [0.1, 0.15) is 12.4 Å². The summed E-state index contributed by atoms with van der Waals surface area (Å²) >= 11 is 3.38. The van der Waals surface area contributed by atoms with E-state index in [1.54, 1.807) is 6.20 Å². The molecule has 1 aliphatic carbocycles. The molecule has 0 spiro atoms. The lowest BCUT2D eigenvalue weighted by atomic mass is 9.98. The first kappa shape index (κ1) is 20.2. The lowest BCUT2D eigenvalue weighted by molar-refractivity contribution is 0.143. The smallest absolute Gasteiger partial charge is 0.407 e. The van der Waals surface area contributed by atoms with Crippen molar-refractivity contribution in [1.82, 2.24) is 10.3 Å². The first-order valence-corrected chi connectivity index (χ1v) is 10.6. The molecule has 5 nitrogen and oxygen atoms in total. The number of amides is 1. The molecule has 1 aliphatic rings. The Labute approximate surface area is 184 Å². The molecule has 6 heteroatoms. The summed E-state index contributed by atoms with van der Waals surface area (Å²) in [6, 6.07) is 18.5. The van der Waals surface area contributed by atoms with Crippen molar-refractivity contribution in [3.63, 3.8) is 0 Å².